The van der Waals surface area contributed by atoms with E-state index in [1.54, 1.807) is 48.0 Å². The van der Waals surface area contributed by atoms with Crippen LogP contribution in [0.1, 0.15) is 33.3 Å². The van der Waals surface area contributed by atoms with Crippen LogP contribution in [-0.2, 0) is 4.74 Å². The Balaban J connectivity index is 1.76. The Morgan fingerprint density at radius 2 is 1.81 bits per heavy atom. The molecule has 0 aliphatic heterocycles. The van der Waals surface area contributed by atoms with Crippen molar-refractivity contribution in [2.75, 3.05) is 6.61 Å². The smallest absolute Gasteiger partial charge is 0.340 e. The van der Waals surface area contributed by atoms with Gasteiger partial charge in [-0.1, -0.05) is 48.0 Å². The summed E-state index contributed by atoms with van der Waals surface area (Å²) in [7, 11) is 0. The third-order valence-corrected chi connectivity index (χ3v) is 5.54. The fraction of sp³-hybridized carbons (Fsp3) is 0.0800. The summed E-state index contributed by atoms with van der Waals surface area (Å²) in [5.41, 5.74) is 2.39. The Morgan fingerprint density at radius 1 is 1.00 bits per heavy atom. The first-order valence-corrected chi connectivity index (χ1v) is 10.2. The average Bonchev–Trinajstić information content (AvgIpc) is 3.18. The minimum atomic E-state index is -0.495. The second kappa shape index (κ2) is 7.52. The zero-order chi connectivity index (χ0) is 21.5. The number of halogens is 1. The second-order valence-electron chi connectivity index (χ2n) is 7.18. The molecule has 0 bridgehead atoms. The molecule has 0 radical (unpaired) electrons. The molecule has 6 heteroatoms. The summed E-state index contributed by atoms with van der Waals surface area (Å²) in [5.74, 6) is -0.704. The van der Waals surface area contributed by atoms with Crippen molar-refractivity contribution in [3.63, 3.8) is 0 Å². The van der Waals surface area contributed by atoms with Crippen molar-refractivity contribution in [1.82, 2.24) is 9.38 Å². The number of ketones is 1. The normalized spacial score (nSPS) is 11.3. The number of hydrogen-bond acceptors (Lipinski definition) is 4. The summed E-state index contributed by atoms with van der Waals surface area (Å²) in [4.78, 5) is 30.7. The third-order valence-electron chi connectivity index (χ3n) is 5.30. The number of aromatic nitrogens is 2. The van der Waals surface area contributed by atoms with Gasteiger partial charge in [0.2, 0.25) is 5.78 Å². The van der Waals surface area contributed by atoms with Crippen LogP contribution < -0.4 is 0 Å². The van der Waals surface area contributed by atoms with Crippen molar-refractivity contribution < 1.29 is 14.3 Å². The van der Waals surface area contributed by atoms with Crippen LogP contribution in [0.15, 0.2) is 73.1 Å². The standard InChI is InChI=1S/C25H17ClN2O3/c1-2-31-25(30)20-13-22(24(29)17-8-7-15-5-3-4-6-16(15)11-17)28-14-27-21-10-9-18(26)12-19(21)23(20)28/h3-14H,2H2,1H3. The van der Waals surface area contributed by atoms with Gasteiger partial charge in [-0.25, -0.2) is 9.78 Å². The highest BCUT2D eigenvalue weighted by Gasteiger charge is 2.23. The highest BCUT2D eigenvalue weighted by molar-refractivity contribution is 6.31. The Labute approximate surface area is 182 Å². The van der Waals surface area contributed by atoms with Gasteiger partial charge in [0.05, 0.1) is 28.9 Å². The van der Waals surface area contributed by atoms with E-state index in [-0.39, 0.29) is 12.4 Å². The van der Waals surface area contributed by atoms with E-state index in [0.29, 0.717) is 38.3 Å². The van der Waals surface area contributed by atoms with E-state index in [1.165, 1.54) is 0 Å². The van der Waals surface area contributed by atoms with Gasteiger partial charge in [-0.3, -0.25) is 9.20 Å². The first-order chi connectivity index (χ1) is 15.1. The van der Waals surface area contributed by atoms with Gasteiger partial charge < -0.3 is 4.74 Å². The molecule has 0 aliphatic rings. The van der Waals surface area contributed by atoms with Crippen molar-refractivity contribution in [3.8, 4) is 0 Å². The molecule has 0 N–H and O–H groups in total. The Hall–Kier alpha value is -3.70. The van der Waals surface area contributed by atoms with Gasteiger partial charge in [0.1, 0.15) is 6.33 Å². The van der Waals surface area contributed by atoms with E-state index in [2.05, 4.69) is 4.98 Å². The summed E-state index contributed by atoms with van der Waals surface area (Å²) >= 11 is 6.21. The van der Waals surface area contributed by atoms with Crippen LogP contribution >= 0.6 is 11.6 Å². The fourth-order valence-corrected chi connectivity index (χ4v) is 4.04. The van der Waals surface area contributed by atoms with Crippen molar-refractivity contribution in [2.24, 2.45) is 0 Å². The van der Waals surface area contributed by atoms with Crippen molar-refractivity contribution in [3.05, 3.63) is 94.9 Å². The summed E-state index contributed by atoms with van der Waals surface area (Å²) in [6, 6.07) is 20.2. The van der Waals surface area contributed by atoms with Gasteiger partial charge in [0.25, 0.3) is 0 Å². The van der Waals surface area contributed by atoms with Gasteiger partial charge in [0.15, 0.2) is 0 Å². The molecule has 2 aromatic heterocycles. The van der Waals surface area contributed by atoms with Crippen LogP contribution in [0.5, 0.6) is 0 Å². The number of carbonyl (C=O) groups is 2. The molecule has 152 valence electrons. The van der Waals surface area contributed by atoms with Gasteiger partial charge in [0, 0.05) is 16.0 Å². The molecule has 0 saturated carbocycles. The minimum Gasteiger partial charge on any atom is -0.462 e. The van der Waals surface area contributed by atoms with Gasteiger partial charge in [-0.05, 0) is 48.0 Å². The van der Waals surface area contributed by atoms with Crippen LogP contribution in [0.25, 0.3) is 27.2 Å². The molecule has 0 aliphatic carbocycles. The zero-order valence-corrected chi connectivity index (χ0v) is 17.4. The lowest BCUT2D eigenvalue weighted by molar-refractivity contribution is 0.0529. The molecule has 5 rings (SSSR count). The summed E-state index contributed by atoms with van der Waals surface area (Å²) in [6.45, 7) is 1.97. The number of ether oxygens (including phenoxy) is 1. The molecule has 0 atom stereocenters. The lowest BCUT2D eigenvalue weighted by atomic mass is 10.0. The topological polar surface area (TPSA) is 60.7 Å². The van der Waals surface area contributed by atoms with E-state index >= 15 is 0 Å². The molecule has 0 unspecified atom stereocenters. The zero-order valence-electron chi connectivity index (χ0n) is 16.6. The molecule has 0 saturated heterocycles. The van der Waals surface area contributed by atoms with Gasteiger partial charge in [-0.2, -0.15) is 0 Å². The number of esters is 1. The number of fused-ring (bicyclic) bond motifs is 4. The van der Waals surface area contributed by atoms with Gasteiger partial charge >= 0.3 is 5.97 Å². The highest BCUT2D eigenvalue weighted by Crippen LogP contribution is 2.29. The average molecular weight is 429 g/mol. The van der Waals surface area contributed by atoms with Gasteiger partial charge in [-0.15, -0.1) is 0 Å². The molecule has 5 nitrogen and oxygen atoms in total. The largest absolute Gasteiger partial charge is 0.462 e. The predicted molar refractivity (Wildman–Crippen MR) is 121 cm³/mol. The quantitative estimate of drug-likeness (QED) is 0.272. The maximum Gasteiger partial charge on any atom is 0.340 e. The molecule has 2 heterocycles. The number of benzene rings is 3. The first kappa shape index (κ1) is 19.3. The second-order valence-corrected chi connectivity index (χ2v) is 7.62. The molecule has 0 fully saturated rings. The molecular weight excluding hydrogens is 412 g/mol. The third kappa shape index (κ3) is 3.23. The summed E-state index contributed by atoms with van der Waals surface area (Å²) < 4.78 is 6.90. The number of carbonyl (C=O) groups excluding carboxylic acids is 2. The molecule has 5 aromatic rings. The van der Waals surface area contributed by atoms with Crippen LogP contribution in [0.4, 0.5) is 0 Å². The Morgan fingerprint density at radius 3 is 2.61 bits per heavy atom. The fourth-order valence-electron chi connectivity index (χ4n) is 3.87. The summed E-state index contributed by atoms with van der Waals surface area (Å²) in [5, 5.41) is 3.21. The van der Waals surface area contributed by atoms with E-state index in [1.807, 2.05) is 36.4 Å². The van der Waals surface area contributed by atoms with Crippen molar-refractivity contribution >= 4 is 50.5 Å². The van der Waals surface area contributed by atoms with Crippen LogP contribution in [0.3, 0.4) is 0 Å². The first-order valence-electron chi connectivity index (χ1n) is 9.87. The maximum atomic E-state index is 13.5. The lowest BCUT2D eigenvalue weighted by Crippen LogP contribution is -2.05. The van der Waals surface area contributed by atoms with Crippen molar-refractivity contribution in [2.45, 2.75) is 6.92 Å². The van der Waals surface area contributed by atoms with Crippen LogP contribution in [0, 0.1) is 0 Å². The van der Waals surface area contributed by atoms with Crippen molar-refractivity contribution in [1.29, 1.82) is 0 Å². The molecule has 0 amide bonds. The number of rotatable bonds is 4. The van der Waals surface area contributed by atoms with E-state index < -0.39 is 5.97 Å². The van der Waals surface area contributed by atoms with Crippen LogP contribution in [0.2, 0.25) is 5.02 Å². The number of nitrogens with zero attached hydrogens (tertiary/aromatic N) is 2. The molecule has 0 spiro atoms. The monoisotopic (exact) mass is 428 g/mol. The summed E-state index contributed by atoms with van der Waals surface area (Å²) in [6.07, 6.45) is 1.56. The molecular formula is C25H17ClN2O3. The Bertz CT molecular complexity index is 1500. The minimum absolute atomic E-state index is 0.209. The number of hydrogen-bond donors (Lipinski definition) is 0. The predicted octanol–water partition coefficient (Wildman–Crippen LogP) is 5.70. The highest BCUT2D eigenvalue weighted by atomic mass is 35.5. The van der Waals surface area contributed by atoms with E-state index in [9.17, 15) is 9.59 Å². The molecule has 3 aromatic carbocycles. The van der Waals surface area contributed by atoms with E-state index in [4.69, 9.17) is 16.3 Å². The lowest BCUT2D eigenvalue weighted by Gasteiger charge is -2.07. The van der Waals surface area contributed by atoms with E-state index in [0.717, 1.165) is 10.8 Å². The maximum absolute atomic E-state index is 13.5. The SMILES string of the molecule is CCOC(=O)c1cc(C(=O)c2ccc3ccccc3c2)n2cnc3ccc(Cl)cc3c12. The van der Waals surface area contributed by atoms with Crippen LogP contribution in [-0.4, -0.2) is 27.7 Å². The Kier molecular flexibility index (Phi) is 4.68. The molecule has 31 heavy (non-hydrogen) atoms.